The molecule has 2 fully saturated rings. The van der Waals surface area contributed by atoms with E-state index in [-0.39, 0.29) is 23.0 Å². The van der Waals surface area contributed by atoms with Crippen molar-refractivity contribution in [2.75, 3.05) is 0 Å². The molecule has 1 unspecified atom stereocenters. The molecule has 3 heteroatoms. The van der Waals surface area contributed by atoms with Gasteiger partial charge in [-0.05, 0) is 43.8 Å². The van der Waals surface area contributed by atoms with E-state index < -0.39 is 8.32 Å². The van der Waals surface area contributed by atoms with Gasteiger partial charge in [0.05, 0.1) is 6.10 Å². The molecule has 2 saturated carbocycles. The summed E-state index contributed by atoms with van der Waals surface area (Å²) in [4.78, 5) is 12.4. The summed E-state index contributed by atoms with van der Waals surface area (Å²) in [7, 11) is -1.79. The van der Waals surface area contributed by atoms with Gasteiger partial charge in [-0.15, -0.1) is 0 Å². The third-order valence-electron chi connectivity index (χ3n) is 5.90. The van der Waals surface area contributed by atoms with E-state index in [0.717, 1.165) is 38.5 Å². The normalized spacial score (nSPS) is 31.8. The molecule has 0 spiro atoms. The summed E-state index contributed by atoms with van der Waals surface area (Å²) in [5.74, 6) is 0.925. The number of ketones is 1. The summed E-state index contributed by atoms with van der Waals surface area (Å²) in [6.07, 6.45) is 6.22. The zero-order chi connectivity index (χ0) is 15.8. The minimum absolute atomic E-state index is 0.184. The number of hydrogen-bond acceptors (Lipinski definition) is 2. The van der Waals surface area contributed by atoms with E-state index in [1.807, 2.05) is 0 Å². The second-order valence-electron chi connectivity index (χ2n) is 8.46. The van der Waals surface area contributed by atoms with E-state index in [0.29, 0.717) is 5.78 Å². The average molecular weight is 309 g/mol. The quantitative estimate of drug-likeness (QED) is 0.524. The first kappa shape index (κ1) is 16.9. The van der Waals surface area contributed by atoms with Crippen molar-refractivity contribution < 1.29 is 9.22 Å². The molecule has 2 nitrogen and oxygen atoms in total. The minimum atomic E-state index is -1.79. The third kappa shape index (κ3) is 3.50. The highest BCUT2D eigenvalue weighted by molar-refractivity contribution is 6.74. The Kier molecular flexibility index (Phi) is 4.84. The van der Waals surface area contributed by atoms with Gasteiger partial charge in [0.15, 0.2) is 8.32 Å². The van der Waals surface area contributed by atoms with Crippen LogP contribution >= 0.6 is 0 Å². The van der Waals surface area contributed by atoms with Crippen LogP contribution < -0.4 is 0 Å². The van der Waals surface area contributed by atoms with Gasteiger partial charge in [-0.25, -0.2) is 0 Å². The highest BCUT2D eigenvalue weighted by Gasteiger charge is 2.45. The first-order valence-corrected chi connectivity index (χ1v) is 11.4. The maximum atomic E-state index is 12.4. The van der Waals surface area contributed by atoms with E-state index >= 15 is 0 Å². The molecule has 21 heavy (non-hydrogen) atoms. The molecule has 0 heterocycles. The van der Waals surface area contributed by atoms with Crippen LogP contribution in [-0.2, 0) is 9.22 Å². The molecule has 0 radical (unpaired) electrons. The molecular formula is C18H32O2Si. The van der Waals surface area contributed by atoms with Gasteiger partial charge in [-0.1, -0.05) is 39.3 Å². The highest BCUT2D eigenvalue weighted by atomic mass is 28.4. The van der Waals surface area contributed by atoms with Crippen molar-refractivity contribution >= 4 is 14.1 Å². The Labute approximate surface area is 131 Å². The van der Waals surface area contributed by atoms with Crippen LogP contribution in [0, 0.1) is 11.8 Å². The lowest BCUT2D eigenvalue weighted by Crippen LogP contribution is -2.49. The van der Waals surface area contributed by atoms with Crippen molar-refractivity contribution in [3.05, 3.63) is 12.2 Å². The van der Waals surface area contributed by atoms with Gasteiger partial charge in [0.25, 0.3) is 0 Å². The highest BCUT2D eigenvalue weighted by Crippen LogP contribution is 2.45. The van der Waals surface area contributed by atoms with Crippen molar-refractivity contribution in [1.82, 2.24) is 0 Å². The lowest BCUT2D eigenvalue weighted by atomic mass is 9.72. The second kappa shape index (κ2) is 6.00. The molecule has 0 aromatic heterocycles. The SMILES string of the molecule is C=C1CCCC(=O)[C@H]2CCCC(O[Si](C)(C)C(C)(C)C)[C@@H]12. The molecule has 2 aliphatic carbocycles. The molecule has 3 atom stereocenters. The van der Waals surface area contributed by atoms with Crippen molar-refractivity contribution in [1.29, 1.82) is 0 Å². The Morgan fingerprint density at radius 3 is 2.43 bits per heavy atom. The summed E-state index contributed by atoms with van der Waals surface area (Å²) in [5.41, 5.74) is 1.27. The van der Waals surface area contributed by atoms with Crippen LogP contribution in [0.2, 0.25) is 18.1 Å². The first-order valence-electron chi connectivity index (χ1n) is 8.52. The summed E-state index contributed by atoms with van der Waals surface area (Å²) >= 11 is 0. The maximum absolute atomic E-state index is 12.4. The summed E-state index contributed by atoms with van der Waals surface area (Å²) in [6, 6.07) is 0. The number of Topliss-reactive ketones (excluding diaryl/α,β-unsaturated/α-hetero) is 1. The molecule has 0 N–H and O–H groups in total. The predicted octanol–water partition coefficient (Wildman–Crippen LogP) is 5.10. The van der Waals surface area contributed by atoms with Crippen LogP contribution in [0.1, 0.15) is 59.3 Å². The number of hydrogen-bond donors (Lipinski definition) is 0. The van der Waals surface area contributed by atoms with Crippen LogP contribution in [0.15, 0.2) is 12.2 Å². The zero-order valence-electron chi connectivity index (χ0n) is 14.5. The molecule has 120 valence electrons. The van der Waals surface area contributed by atoms with Crippen molar-refractivity contribution in [3.63, 3.8) is 0 Å². The first-order chi connectivity index (χ1) is 9.63. The average Bonchev–Trinajstić information content (AvgIpc) is 2.49. The molecule has 0 saturated heterocycles. The fourth-order valence-electron chi connectivity index (χ4n) is 3.60. The molecule has 2 aliphatic rings. The predicted molar refractivity (Wildman–Crippen MR) is 90.9 cm³/mol. The largest absolute Gasteiger partial charge is 0.413 e. The molecule has 0 aromatic rings. The number of fused-ring (bicyclic) bond motifs is 1. The van der Waals surface area contributed by atoms with Gasteiger partial charge < -0.3 is 4.43 Å². The molecule has 0 aromatic carbocycles. The van der Waals surface area contributed by atoms with Crippen molar-refractivity contribution in [2.24, 2.45) is 11.8 Å². The number of carbonyl (C=O) groups is 1. The van der Waals surface area contributed by atoms with E-state index in [2.05, 4.69) is 40.4 Å². The standard InChI is InChI=1S/C18H32O2Si/c1-13-9-7-11-15(19)14-10-8-12-16(17(13)14)20-21(5,6)18(2,3)4/h14,16-17H,1,7-12H2,2-6H3/t14-,16?,17+/m1/s1. The molecule has 2 rings (SSSR count). The molecule has 0 bridgehead atoms. The monoisotopic (exact) mass is 308 g/mol. The maximum Gasteiger partial charge on any atom is 0.192 e. The van der Waals surface area contributed by atoms with Crippen LogP contribution in [0.25, 0.3) is 0 Å². The van der Waals surface area contributed by atoms with Crippen LogP contribution in [-0.4, -0.2) is 20.2 Å². The molecule has 0 aliphatic heterocycles. The lowest BCUT2D eigenvalue weighted by molar-refractivity contribution is -0.126. The minimum Gasteiger partial charge on any atom is -0.413 e. The van der Waals surface area contributed by atoms with Gasteiger partial charge in [0.2, 0.25) is 0 Å². The van der Waals surface area contributed by atoms with Gasteiger partial charge in [-0.2, -0.15) is 0 Å². The summed E-state index contributed by atoms with van der Waals surface area (Å²) < 4.78 is 6.71. The van der Waals surface area contributed by atoms with Gasteiger partial charge in [0.1, 0.15) is 5.78 Å². The van der Waals surface area contributed by atoms with Gasteiger partial charge in [0, 0.05) is 18.3 Å². The number of carbonyl (C=O) groups excluding carboxylic acids is 1. The fraction of sp³-hybridized carbons (Fsp3) is 0.833. The van der Waals surface area contributed by atoms with Crippen LogP contribution in [0.4, 0.5) is 0 Å². The summed E-state index contributed by atoms with van der Waals surface area (Å²) in [5, 5.41) is 0.218. The van der Waals surface area contributed by atoms with Crippen molar-refractivity contribution in [3.8, 4) is 0 Å². The van der Waals surface area contributed by atoms with Crippen molar-refractivity contribution in [2.45, 2.75) is 83.5 Å². The van der Waals surface area contributed by atoms with E-state index in [9.17, 15) is 4.79 Å². The Bertz CT molecular complexity index is 419. The van der Waals surface area contributed by atoms with E-state index in [1.54, 1.807) is 0 Å². The topological polar surface area (TPSA) is 26.3 Å². The zero-order valence-corrected chi connectivity index (χ0v) is 15.5. The van der Waals surface area contributed by atoms with Gasteiger partial charge >= 0.3 is 0 Å². The fourth-order valence-corrected chi connectivity index (χ4v) is 4.97. The molecular weight excluding hydrogens is 276 g/mol. The van der Waals surface area contributed by atoms with E-state index in [1.165, 1.54) is 5.57 Å². The Hall–Kier alpha value is -0.413. The van der Waals surface area contributed by atoms with Crippen LogP contribution in [0.5, 0.6) is 0 Å². The summed E-state index contributed by atoms with van der Waals surface area (Å²) in [6.45, 7) is 15.8. The third-order valence-corrected chi connectivity index (χ3v) is 10.4. The Morgan fingerprint density at radius 2 is 1.81 bits per heavy atom. The van der Waals surface area contributed by atoms with Gasteiger partial charge in [-0.3, -0.25) is 4.79 Å². The smallest absolute Gasteiger partial charge is 0.192 e. The second-order valence-corrected chi connectivity index (χ2v) is 13.2. The molecule has 0 amide bonds. The Morgan fingerprint density at radius 1 is 1.14 bits per heavy atom. The Balaban J connectivity index is 2.22. The number of rotatable bonds is 2. The van der Waals surface area contributed by atoms with E-state index in [4.69, 9.17) is 4.43 Å². The lowest BCUT2D eigenvalue weighted by Gasteiger charge is -2.45. The van der Waals surface area contributed by atoms with Crippen LogP contribution in [0.3, 0.4) is 0 Å².